The molecule has 0 aromatic heterocycles. The van der Waals surface area contributed by atoms with Crippen LogP contribution in [0.4, 0.5) is 10.5 Å². The lowest BCUT2D eigenvalue weighted by atomic mass is 9.95. The number of carbonyl (C=O) groups is 1. The molecule has 1 aliphatic heterocycles. The fraction of sp³-hybridized carbons (Fsp3) is 0.533. The Kier molecular flexibility index (Phi) is 4.80. The Bertz CT molecular complexity index is 414. The van der Waals surface area contributed by atoms with Gasteiger partial charge in [0, 0.05) is 18.8 Å². The summed E-state index contributed by atoms with van der Waals surface area (Å²) in [6, 6.07) is 7.89. The molecular formula is C15H23N3O. The number of hydrogen-bond acceptors (Lipinski definition) is 2. The molecule has 1 aromatic rings. The van der Waals surface area contributed by atoms with E-state index in [9.17, 15) is 4.79 Å². The van der Waals surface area contributed by atoms with Gasteiger partial charge in [-0.2, -0.15) is 0 Å². The Hall–Kier alpha value is -1.55. The summed E-state index contributed by atoms with van der Waals surface area (Å²) in [4.78, 5) is 14.1. The zero-order chi connectivity index (χ0) is 13.7. The molecule has 0 bridgehead atoms. The molecule has 1 atom stereocenters. The molecule has 1 heterocycles. The van der Waals surface area contributed by atoms with Gasteiger partial charge in [-0.25, -0.2) is 4.79 Å². The van der Waals surface area contributed by atoms with Gasteiger partial charge >= 0.3 is 6.03 Å². The van der Waals surface area contributed by atoms with Crippen molar-refractivity contribution in [3.8, 4) is 0 Å². The van der Waals surface area contributed by atoms with Crippen LogP contribution in [0.2, 0.25) is 0 Å². The number of piperidine rings is 1. The van der Waals surface area contributed by atoms with Crippen LogP contribution in [0.1, 0.15) is 24.8 Å². The first kappa shape index (κ1) is 13.9. The fourth-order valence-electron chi connectivity index (χ4n) is 2.56. The van der Waals surface area contributed by atoms with Crippen molar-refractivity contribution in [2.75, 3.05) is 25.0 Å². The van der Waals surface area contributed by atoms with Gasteiger partial charge in [0.15, 0.2) is 0 Å². The van der Waals surface area contributed by atoms with Gasteiger partial charge in [-0.1, -0.05) is 17.7 Å². The van der Waals surface area contributed by atoms with Crippen molar-refractivity contribution >= 4 is 11.7 Å². The molecule has 4 heteroatoms. The highest BCUT2D eigenvalue weighted by molar-refractivity contribution is 5.89. The minimum Gasteiger partial charge on any atom is -0.330 e. The molecule has 19 heavy (non-hydrogen) atoms. The number of amides is 2. The third-order valence-corrected chi connectivity index (χ3v) is 3.68. The van der Waals surface area contributed by atoms with E-state index in [1.54, 1.807) is 0 Å². The van der Waals surface area contributed by atoms with Gasteiger partial charge in [0.2, 0.25) is 0 Å². The molecule has 1 fully saturated rings. The number of anilines is 1. The zero-order valence-electron chi connectivity index (χ0n) is 11.6. The van der Waals surface area contributed by atoms with Gasteiger partial charge in [-0.3, -0.25) is 0 Å². The Morgan fingerprint density at radius 2 is 2.16 bits per heavy atom. The van der Waals surface area contributed by atoms with E-state index in [-0.39, 0.29) is 6.03 Å². The monoisotopic (exact) mass is 261 g/mol. The normalized spacial score (nSPS) is 19.3. The molecule has 1 aliphatic rings. The van der Waals surface area contributed by atoms with Gasteiger partial charge in [0.25, 0.3) is 0 Å². The first-order valence-electron chi connectivity index (χ1n) is 7.01. The first-order chi connectivity index (χ1) is 9.19. The summed E-state index contributed by atoms with van der Waals surface area (Å²) in [5.41, 5.74) is 7.65. The topological polar surface area (TPSA) is 58.4 Å². The molecule has 2 amide bonds. The number of carbonyl (C=O) groups excluding carboxylic acids is 1. The predicted molar refractivity (Wildman–Crippen MR) is 78.2 cm³/mol. The highest BCUT2D eigenvalue weighted by Gasteiger charge is 2.22. The number of hydrogen-bond donors (Lipinski definition) is 2. The van der Waals surface area contributed by atoms with E-state index in [0.29, 0.717) is 12.5 Å². The van der Waals surface area contributed by atoms with Crippen molar-refractivity contribution in [2.45, 2.75) is 26.2 Å². The minimum absolute atomic E-state index is 0.00516. The van der Waals surface area contributed by atoms with E-state index in [2.05, 4.69) is 5.32 Å². The summed E-state index contributed by atoms with van der Waals surface area (Å²) in [7, 11) is 0. The Labute approximate surface area is 115 Å². The Morgan fingerprint density at radius 1 is 1.42 bits per heavy atom. The number of nitrogens with zero attached hydrogens (tertiary/aromatic N) is 1. The average Bonchev–Trinajstić information content (AvgIpc) is 2.42. The molecule has 0 radical (unpaired) electrons. The number of urea groups is 1. The second kappa shape index (κ2) is 6.57. The van der Waals surface area contributed by atoms with Crippen LogP contribution in [0.5, 0.6) is 0 Å². The molecule has 4 nitrogen and oxygen atoms in total. The van der Waals surface area contributed by atoms with Crippen molar-refractivity contribution in [1.82, 2.24) is 4.90 Å². The highest BCUT2D eigenvalue weighted by Crippen LogP contribution is 2.20. The van der Waals surface area contributed by atoms with Crippen molar-refractivity contribution in [1.29, 1.82) is 0 Å². The van der Waals surface area contributed by atoms with Gasteiger partial charge in [0.05, 0.1) is 0 Å². The SMILES string of the molecule is Cc1ccc(NC(=O)N2CCCC(CCN)C2)cc1. The number of nitrogens with two attached hydrogens (primary N) is 1. The summed E-state index contributed by atoms with van der Waals surface area (Å²) < 4.78 is 0. The Morgan fingerprint density at radius 3 is 2.84 bits per heavy atom. The van der Waals surface area contributed by atoms with Crippen molar-refractivity contribution < 1.29 is 4.79 Å². The molecule has 1 saturated heterocycles. The van der Waals surface area contributed by atoms with E-state index in [4.69, 9.17) is 5.73 Å². The third-order valence-electron chi connectivity index (χ3n) is 3.68. The highest BCUT2D eigenvalue weighted by atomic mass is 16.2. The first-order valence-corrected chi connectivity index (χ1v) is 7.01. The Balaban J connectivity index is 1.90. The largest absolute Gasteiger partial charge is 0.330 e. The maximum absolute atomic E-state index is 12.2. The number of rotatable bonds is 3. The van der Waals surface area contributed by atoms with Crippen LogP contribution in [0.15, 0.2) is 24.3 Å². The molecule has 2 rings (SSSR count). The smallest absolute Gasteiger partial charge is 0.321 e. The van der Waals surface area contributed by atoms with Crippen molar-refractivity contribution in [3.05, 3.63) is 29.8 Å². The average molecular weight is 261 g/mol. The standard InChI is InChI=1S/C15H23N3O/c1-12-4-6-14(7-5-12)17-15(19)18-10-2-3-13(11-18)8-9-16/h4-7,13H,2-3,8-11,16H2,1H3,(H,17,19). The van der Waals surface area contributed by atoms with Crippen LogP contribution < -0.4 is 11.1 Å². The summed E-state index contributed by atoms with van der Waals surface area (Å²) >= 11 is 0. The number of aryl methyl sites for hydroxylation is 1. The minimum atomic E-state index is 0.00516. The van der Waals surface area contributed by atoms with Crippen LogP contribution in [-0.2, 0) is 0 Å². The molecular weight excluding hydrogens is 238 g/mol. The van der Waals surface area contributed by atoms with E-state index < -0.39 is 0 Å². The van der Waals surface area contributed by atoms with Crippen LogP contribution in [0.25, 0.3) is 0 Å². The van der Waals surface area contributed by atoms with Crippen LogP contribution in [0.3, 0.4) is 0 Å². The molecule has 104 valence electrons. The molecule has 0 spiro atoms. The molecule has 1 aromatic carbocycles. The summed E-state index contributed by atoms with van der Waals surface area (Å²) in [6.07, 6.45) is 3.27. The zero-order valence-corrected chi connectivity index (χ0v) is 11.6. The van der Waals surface area contributed by atoms with Gasteiger partial charge in [0.1, 0.15) is 0 Å². The lowest BCUT2D eigenvalue weighted by Crippen LogP contribution is -2.42. The molecule has 3 N–H and O–H groups in total. The number of nitrogens with one attached hydrogen (secondary N) is 1. The molecule has 0 aliphatic carbocycles. The van der Waals surface area contributed by atoms with Gasteiger partial charge in [-0.05, 0) is 50.8 Å². The molecule has 0 saturated carbocycles. The van der Waals surface area contributed by atoms with Crippen LogP contribution in [-0.4, -0.2) is 30.6 Å². The third kappa shape index (κ3) is 3.96. The second-order valence-corrected chi connectivity index (χ2v) is 5.33. The quantitative estimate of drug-likeness (QED) is 0.878. The van der Waals surface area contributed by atoms with Crippen LogP contribution >= 0.6 is 0 Å². The fourth-order valence-corrected chi connectivity index (χ4v) is 2.56. The molecule has 1 unspecified atom stereocenters. The van der Waals surface area contributed by atoms with E-state index in [1.807, 2.05) is 36.1 Å². The van der Waals surface area contributed by atoms with Crippen molar-refractivity contribution in [2.24, 2.45) is 11.7 Å². The van der Waals surface area contributed by atoms with E-state index in [1.165, 1.54) is 12.0 Å². The lowest BCUT2D eigenvalue weighted by molar-refractivity contribution is 0.175. The van der Waals surface area contributed by atoms with E-state index >= 15 is 0 Å². The van der Waals surface area contributed by atoms with E-state index in [0.717, 1.165) is 31.6 Å². The predicted octanol–water partition coefficient (Wildman–Crippen LogP) is 2.59. The van der Waals surface area contributed by atoms with Crippen LogP contribution in [0, 0.1) is 12.8 Å². The summed E-state index contributed by atoms with van der Waals surface area (Å²) in [6.45, 7) is 4.42. The summed E-state index contributed by atoms with van der Waals surface area (Å²) in [5.74, 6) is 0.558. The maximum atomic E-state index is 12.2. The number of likely N-dealkylation sites (tertiary alicyclic amines) is 1. The van der Waals surface area contributed by atoms with Gasteiger partial charge < -0.3 is 16.0 Å². The summed E-state index contributed by atoms with van der Waals surface area (Å²) in [5, 5.41) is 2.96. The second-order valence-electron chi connectivity index (χ2n) is 5.33. The number of benzene rings is 1. The van der Waals surface area contributed by atoms with Gasteiger partial charge in [-0.15, -0.1) is 0 Å². The maximum Gasteiger partial charge on any atom is 0.321 e. The lowest BCUT2D eigenvalue weighted by Gasteiger charge is -2.32. The van der Waals surface area contributed by atoms with Crippen molar-refractivity contribution in [3.63, 3.8) is 0 Å².